The van der Waals surface area contributed by atoms with Crippen LogP contribution in [-0.2, 0) is 20.6 Å². The van der Waals surface area contributed by atoms with Gasteiger partial charge in [-0.1, -0.05) is 18.2 Å². The summed E-state index contributed by atoms with van der Waals surface area (Å²) in [7, 11) is 3.87. The molecule has 1 N–H and O–H groups in total. The fraction of sp³-hybridized carbons (Fsp3) is 0.231. The Morgan fingerprint density at radius 3 is 2.72 bits per heavy atom. The molecule has 3 rings (SSSR count). The second-order valence-corrected chi connectivity index (χ2v) is 4.32. The van der Waals surface area contributed by atoms with E-state index >= 15 is 0 Å². The van der Waals surface area contributed by atoms with Gasteiger partial charge in [0.05, 0.1) is 17.8 Å². The van der Waals surface area contributed by atoms with Gasteiger partial charge >= 0.3 is 0 Å². The minimum Gasteiger partial charge on any atom is -0.363 e. The van der Waals surface area contributed by atoms with Crippen LogP contribution in [0.5, 0.6) is 0 Å². The number of aryl methyl sites for hydroxylation is 2. The lowest BCUT2D eigenvalue weighted by atomic mass is 10.2. The molecule has 0 atom stereocenters. The van der Waals surface area contributed by atoms with Crippen LogP contribution in [0.1, 0.15) is 5.69 Å². The Balaban J connectivity index is 1.86. The van der Waals surface area contributed by atoms with Crippen LogP contribution in [0.3, 0.4) is 0 Å². The first-order valence-corrected chi connectivity index (χ1v) is 5.88. The maximum atomic E-state index is 4.53. The highest BCUT2D eigenvalue weighted by atomic mass is 15.3. The minimum absolute atomic E-state index is 0.679. The second-order valence-electron chi connectivity index (χ2n) is 4.32. The van der Waals surface area contributed by atoms with Crippen molar-refractivity contribution in [1.29, 1.82) is 0 Å². The molecule has 3 aromatic rings. The third-order valence-electron chi connectivity index (χ3n) is 2.98. The van der Waals surface area contributed by atoms with E-state index in [1.807, 2.05) is 43.2 Å². The highest BCUT2D eigenvalue weighted by Gasteiger charge is 2.07. The highest BCUT2D eigenvalue weighted by Crippen LogP contribution is 2.18. The number of hydrogen-bond donors (Lipinski definition) is 1. The summed E-state index contributed by atoms with van der Waals surface area (Å²) in [5.41, 5.74) is 2.19. The van der Waals surface area contributed by atoms with E-state index in [1.54, 1.807) is 4.68 Å². The molecule has 1 aromatic carbocycles. The summed E-state index contributed by atoms with van der Waals surface area (Å²) in [4.78, 5) is 0. The summed E-state index contributed by atoms with van der Waals surface area (Å²) in [6, 6.07) is 10.2. The average molecular weight is 241 g/mol. The van der Waals surface area contributed by atoms with Crippen molar-refractivity contribution >= 4 is 16.7 Å². The minimum atomic E-state index is 0.679. The molecule has 0 radical (unpaired) electrons. The Morgan fingerprint density at radius 2 is 1.94 bits per heavy atom. The Morgan fingerprint density at radius 1 is 1.11 bits per heavy atom. The maximum absolute atomic E-state index is 4.53. The van der Waals surface area contributed by atoms with Gasteiger partial charge < -0.3 is 5.32 Å². The summed E-state index contributed by atoms with van der Waals surface area (Å²) < 4.78 is 3.68. The molecule has 18 heavy (non-hydrogen) atoms. The molecule has 2 aromatic heterocycles. The van der Waals surface area contributed by atoms with E-state index in [4.69, 9.17) is 0 Å². The Kier molecular flexibility index (Phi) is 2.51. The van der Waals surface area contributed by atoms with Crippen LogP contribution in [0.15, 0.2) is 36.5 Å². The molecular formula is C13H15N5. The molecule has 0 aliphatic carbocycles. The van der Waals surface area contributed by atoms with Crippen LogP contribution in [0.2, 0.25) is 0 Å². The van der Waals surface area contributed by atoms with Crippen molar-refractivity contribution in [2.45, 2.75) is 6.54 Å². The van der Waals surface area contributed by atoms with E-state index in [9.17, 15) is 0 Å². The fourth-order valence-electron chi connectivity index (χ4n) is 2.10. The predicted octanol–water partition coefficient (Wildman–Crippen LogP) is 1.92. The van der Waals surface area contributed by atoms with Gasteiger partial charge in [0, 0.05) is 31.7 Å². The molecule has 0 unspecified atom stereocenters. The summed E-state index contributed by atoms with van der Waals surface area (Å²) in [5.74, 6) is 0.868. The molecule has 0 aliphatic heterocycles. The zero-order valence-electron chi connectivity index (χ0n) is 10.5. The molecule has 92 valence electrons. The maximum Gasteiger partial charge on any atom is 0.148 e. The number of hydrogen-bond acceptors (Lipinski definition) is 3. The number of fused-ring (bicyclic) bond motifs is 1. The van der Waals surface area contributed by atoms with E-state index in [0.29, 0.717) is 6.54 Å². The number of nitrogens with zero attached hydrogens (tertiary/aromatic N) is 4. The van der Waals surface area contributed by atoms with Crippen LogP contribution in [0.25, 0.3) is 10.9 Å². The van der Waals surface area contributed by atoms with Gasteiger partial charge in [0.2, 0.25) is 0 Å². The van der Waals surface area contributed by atoms with E-state index in [2.05, 4.69) is 27.6 Å². The van der Waals surface area contributed by atoms with Crippen LogP contribution < -0.4 is 5.32 Å². The van der Waals surface area contributed by atoms with Crippen molar-refractivity contribution in [2.75, 3.05) is 5.32 Å². The smallest absolute Gasteiger partial charge is 0.148 e. The lowest BCUT2D eigenvalue weighted by Crippen LogP contribution is -2.02. The van der Waals surface area contributed by atoms with Crippen molar-refractivity contribution in [1.82, 2.24) is 19.6 Å². The van der Waals surface area contributed by atoms with Crippen molar-refractivity contribution in [3.05, 3.63) is 42.2 Å². The molecule has 5 heteroatoms. The molecule has 0 bridgehead atoms. The normalized spacial score (nSPS) is 11.0. The van der Waals surface area contributed by atoms with Crippen LogP contribution in [0, 0.1) is 0 Å². The van der Waals surface area contributed by atoms with Crippen molar-refractivity contribution < 1.29 is 0 Å². The van der Waals surface area contributed by atoms with Gasteiger partial charge in [-0.25, -0.2) is 0 Å². The average Bonchev–Trinajstić information content (AvgIpc) is 2.92. The highest BCUT2D eigenvalue weighted by molar-refractivity contribution is 5.82. The van der Waals surface area contributed by atoms with Crippen LogP contribution >= 0.6 is 0 Å². The molecular weight excluding hydrogens is 226 g/mol. The molecule has 0 saturated carbocycles. The monoisotopic (exact) mass is 241 g/mol. The zero-order chi connectivity index (χ0) is 12.5. The molecule has 0 aliphatic rings. The molecule has 0 saturated heterocycles. The van der Waals surface area contributed by atoms with Gasteiger partial charge in [-0.2, -0.15) is 10.2 Å². The van der Waals surface area contributed by atoms with E-state index < -0.39 is 0 Å². The van der Waals surface area contributed by atoms with Gasteiger partial charge in [0.15, 0.2) is 0 Å². The number of benzene rings is 1. The zero-order valence-corrected chi connectivity index (χ0v) is 10.5. The molecule has 0 fully saturated rings. The van der Waals surface area contributed by atoms with E-state index in [-0.39, 0.29) is 0 Å². The number of aromatic nitrogens is 4. The Hall–Kier alpha value is -2.30. The van der Waals surface area contributed by atoms with Gasteiger partial charge in [-0.3, -0.25) is 9.36 Å². The lowest BCUT2D eigenvalue weighted by Gasteiger charge is -2.00. The molecule has 0 spiro atoms. The molecule has 0 amide bonds. The Labute approximate surface area is 105 Å². The van der Waals surface area contributed by atoms with Gasteiger partial charge in [-0.15, -0.1) is 0 Å². The van der Waals surface area contributed by atoms with E-state index in [0.717, 1.165) is 17.0 Å². The van der Waals surface area contributed by atoms with Gasteiger partial charge in [0.25, 0.3) is 0 Å². The van der Waals surface area contributed by atoms with Crippen molar-refractivity contribution in [3.63, 3.8) is 0 Å². The standard InChI is InChI=1S/C13H15N5/c1-17-8-7-13(16-17)14-9-11-10-5-3-4-6-12(10)18(2)15-11/h3-8H,9H2,1-2H3,(H,14,16). The number of anilines is 1. The van der Waals surface area contributed by atoms with Crippen molar-refractivity contribution in [3.8, 4) is 0 Å². The van der Waals surface area contributed by atoms with Crippen molar-refractivity contribution in [2.24, 2.45) is 14.1 Å². The Bertz CT molecular complexity index is 680. The summed E-state index contributed by atoms with van der Waals surface area (Å²) in [5, 5.41) is 13.3. The fourth-order valence-corrected chi connectivity index (χ4v) is 2.10. The summed E-state index contributed by atoms with van der Waals surface area (Å²) >= 11 is 0. The summed E-state index contributed by atoms with van der Waals surface area (Å²) in [6.45, 7) is 0.679. The van der Waals surface area contributed by atoms with E-state index in [1.165, 1.54) is 5.39 Å². The predicted molar refractivity (Wildman–Crippen MR) is 71.2 cm³/mol. The largest absolute Gasteiger partial charge is 0.363 e. The number of rotatable bonds is 3. The number of para-hydroxylation sites is 1. The molecule has 5 nitrogen and oxygen atoms in total. The van der Waals surface area contributed by atoms with Crippen LogP contribution in [0.4, 0.5) is 5.82 Å². The molecule has 2 heterocycles. The SMILES string of the molecule is Cn1ccc(NCc2nn(C)c3ccccc23)n1. The van der Waals surface area contributed by atoms with Crippen LogP contribution in [-0.4, -0.2) is 19.6 Å². The van der Waals surface area contributed by atoms with Gasteiger partial charge in [0.1, 0.15) is 5.82 Å². The second kappa shape index (κ2) is 4.18. The van der Waals surface area contributed by atoms with Gasteiger partial charge in [-0.05, 0) is 6.07 Å². The first-order chi connectivity index (χ1) is 8.74. The number of nitrogens with one attached hydrogen (secondary N) is 1. The summed E-state index contributed by atoms with van der Waals surface area (Å²) in [6.07, 6.45) is 1.92. The third kappa shape index (κ3) is 1.84. The lowest BCUT2D eigenvalue weighted by molar-refractivity contribution is 0.759. The topological polar surface area (TPSA) is 47.7 Å². The quantitative estimate of drug-likeness (QED) is 0.762. The third-order valence-corrected chi connectivity index (χ3v) is 2.98. The first kappa shape index (κ1) is 10.8. The first-order valence-electron chi connectivity index (χ1n) is 5.88.